The number of hydrogen-bond acceptors (Lipinski definition) is 4. The van der Waals surface area contributed by atoms with Gasteiger partial charge in [-0.1, -0.05) is 23.7 Å². The Kier molecular flexibility index (Phi) is 4.14. The highest BCUT2D eigenvalue weighted by molar-refractivity contribution is 6.30. The summed E-state index contributed by atoms with van der Waals surface area (Å²) in [6.45, 7) is 0. The van der Waals surface area contributed by atoms with Crippen molar-refractivity contribution in [3.8, 4) is 28.3 Å². The highest BCUT2D eigenvalue weighted by Crippen LogP contribution is 2.27. The van der Waals surface area contributed by atoms with Crippen LogP contribution < -0.4 is 4.74 Å². The molecule has 0 bridgehead atoms. The minimum atomic E-state index is 0.447. The molecular formula is C20H14ClN3O2. The molecule has 0 N–H and O–H groups in total. The number of ether oxygens (including phenoxy) is 1. The van der Waals surface area contributed by atoms with E-state index in [9.17, 15) is 4.79 Å². The number of fused-ring (bicyclic) bond motifs is 1. The molecule has 2 aromatic carbocycles. The van der Waals surface area contributed by atoms with E-state index in [1.54, 1.807) is 30.0 Å². The molecule has 6 heteroatoms. The fraction of sp³-hybridized carbons (Fsp3) is 0.0500. The smallest absolute Gasteiger partial charge is 0.166 e. The molecule has 0 atom stereocenters. The number of nitrogens with zero attached hydrogens (tertiary/aromatic N) is 3. The Hall–Kier alpha value is -3.18. The lowest BCUT2D eigenvalue weighted by Crippen LogP contribution is -1.93. The molecule has 0 aliphatic carbocycles. The van der Waals surface area contributed by atoms with Gasteiger partial charge in [0.2, 0.25) is 0 Å². The van der Waals surface area contributed by atoms with Gasteiger partial charge in [0.15, 0.2) is 11.9 Å². The van der Waals surface area contributed by atoms with Crippen LogP contribution in [0.4, 0.5) is 0 Å². The van der Waals surface area contributed by atoms with Crippen LogP contribution in [0.3, 0.4) is 0 Å². The van der Waals surface area contributed by atoms with Gasteiger partial charge < -0.3 is 4.74 Å². The summed E-state index contributed by atoms with van der Waals surface area (Å²) in [5.41, 5.74) is 4.04. The van der Waals surface area contributed by atoms with Crippen LogP contribution in [0, 0.1) is 0 Å². The monoisotopic (exact) mass is 363 g/mol. The van der Waals surface area contributed by atoms with E-state index in [4.69, 9.17) is 16.3 Å². The number of methoxy groups -OCH3 is 1. The van der Waals surface area contributed by atoms with Gasteiger partial charge in [-0.15, -0.1) is 0 Å². The van der Waals surface area contributed by atoms with Gasteiger partial charge >= 0.3 is 0 Å². The van der Waals surface area contributed by atoms with Crippen molar-refractivity contribution in [2.75, 3.05) is 7.11 Å². The molecule has 4 aromatic rings. The van der Waals surface area contributed by atoms with Crippen LogP contribution >= 0.6 is 11.6 Å². The number of aromatic nitrogens is 3. The maximum atomic E-state index is 11.7. The van der Waals surface area contributed by atoms with Crippen molar-refractivity contribution in [3.63, 3.8) is 0 Å². The van der Waals surface area contributed by atoms with E-state index < -0.39 is 0 Å². The molecule has 0 fully saturated rings. The van der Waals surface area contributed by atoms with E-state index in [2.05, 4.69) is 10.1 Å². The van der Waals surface area contributed by atoms with Gasteiger partial charge in [0.05, 0.1) is 18.4 Å². The summed E-state index contributed by atoms with van der Waals surface area (Å²) < 4.78 is 6.79. The lowest BCUT2D eigenvalue weighted by molar-refractivity contribution is 0.112. The summed E-state index contributed by atoms with van der Waals surface area (Å²) in [6.07, 6.45) is 2.59. The lowest BCUT2D eigenvalue weighted by Gasteiger charge is -2.03. The van der Waals surface area contributed by atoms with Crippen LogP contribution in [0.5, 0.6) is 5.75 Å². The Morgan fingerprint density at radius 3 is 2.35 bits per heavy atom. The Balaban J connectivity index is 1.84. The molecule has 2 aromatic heterocycles. The van der Waals surface area contributed by atoms with Crippen molar-refractivity contribution in [1.82, 2.24) is 14.6 Å². The quantitative estimate of drug-likeness (QED) is 0.499. The molecule has 0 aliphatic heterocycles. The summed E-state index contributed by atoms with van der Waals surface area (Å²) in [4.78, 5) is 16.4. The van der Waals surface area contributed by atoms with Crippen molar-refractivity contribution in [3.05, 3.63) is 71.4 Å². The maximum absolute atomic E-state index is 11.7. The largest absolute Gasteiger partial charge is 0.497 e. The topological polar surface area (TPSA) is 56.5 Å². The molecule has 0 amide bonds. The third-order valence-corrected chi connectivity index (χ3v) is 4.39. The van der Waals surface area contributed by atoms with Crippen LogP contribution in [-0.2, 0) is 0 Å². The van der Waals surface area contributed by atoms with Crippen molar-refractivity contribution >= 4 is 23.5 Å². The van der Waals surface area contributed by atoms with Gasteiger partial charge in [-0.3, -0.25) is 4.79 Å². The zero-order valence-electron chi connectivity index (χ0n) is 13.9. The Morgan fingerprint density at radius 1 is 1.00 bits per heavy atom. The van der Waals surface area contributed by atoms with Crippen molar-refractivity contribution < 1.29 is 9.53 Å². The Bertz CT molecular complexity index is 1090. The van der Waals surface area contributed by atoms with Gasteiger partial charge in [-0.05, 0) is 42.5 Å². The summed E-state index contributed by atoms with van der Waals surface area (Å²) in [5.74, 6) is 0.776. The summed E-state index contributed by atoms with van der Waals surface area (Å²) in [7, 11) is 1.63. The molecule has 0 spiro atoms. The van der Waals surface area contributed by atoms with Gasteiger partial charge in [-0.2, -0.15) is 5.10 Å². The van der Waals surface area contributed by atoms with Gasteiger partial charge in [0.25, 0.3) is 0 Å². The molecule has 128 valence electrons. The molecule has 0 saturated carbocycles. The van der Waals surface area contributed by atoms with Crippen molar-refractivity contribution in [2.24, 2.45) is 0 Å². The van der Waals surface area contributed by atoms with E-state index >= 15 is 0 Å². The second-order valence-electron chi connectivity index (χ2n) is 5.70. The summed E-state index contributed by atoms with van der Waals surface area (Å²) in [5, 5.41) is 5.14. The molecule has 0 saturated heterocycles. The van der Waals surface area contributed by atoms with E-state index in [0.717, 1.165) is 28.9 Å². The van der Waals surface area contributed by atoms with E-state index in [1.807, 2.05) is 42.5 Å². The van der Waals surface area contributed by atoms with Crippen LogP contribution in [0.25, 0.3) is 28.2 Å². The number of halogens is 1. The zero-order chi connectivity index (χ0) is 18.1. The number of hydrogen-bond donors (Lipinski definition) is 0. The molecule has 0 radical (unpaired) electrons. The molecule has 2 heterocycles. The van der Waals surface area contributed by atoms with E-state index in [-0.39, 0.29) is 0 Å². The average Bonchev–Trinajstić information content (AvgIpc) is 3.06. The molecule has 26 heavy (non-hydrogen) atoms. The number of carbonyl (C=O) groups is 1. The zero-order valence-corrected chi connectivity index (χ0v) is 14.6. The van der Waals surface area contributed by atoms with E-state index in [0.29, 0.717) is 21.9 Å². The third kappa shape index (κ3) is 2.82. The summed E-state index contributed by atoms with van der Waals surface area (Å²) >= 11 is 5.95. The first kappa shape index (κ1) is 16.3. The number of carbonyl (C=O) groups excluding carboxylic acids is 1. The molecule has 4 rings (SSSR count). The maximum Gasteiger partial charge on any atom is 0.166 e. The van der Waals surface area contributed by atoms with Gasteiger partial charge in [0.1, 0.15) is 11.4 Å². The predicted octanol–water partition coefficient (Wildman–Crippen LogP) is 4.54. The lowest BCUT2D eigenvalue weighted by atomic mass is 10.1. The first-order valence-corrected chi connectivity index (χ1v) is 8.32. The highest BCUT2D eigenvalue weighted by atomic mass is 35.5. The SMILES string of the molecule is COc1ccc(-c2ccn3nc(-c4ccc(Cl)cc4)c(C=O)c3n2)cc1. The summed E-state index contributed by atoms with van der Waals surface area (Å²) in [6, 6.07) is 16.7. The standard InChI is InChI=1S/C20H14ClN3O2/c1-26-16-8-4-13(5-9-16)18-10-11-24-20(22-18)17(12-25)19(23-24)14-2-6-15(21)7-3-14/h2-12H,1H3. The first-order chi connectivity index (χ1) is 12.7. The van der Waals surface area contributed by atoms with Gasteiger partial charge in [-0.25, -0.2) is 9.50 Å². The number of benzene rings is 2. The minimum Gasteiger partial charge on any atom is -0.497 e. The van der Waals surface area contributed by atoms with Gasteiger partial charge in [0, 0.05) is 22.3 Å². The van der Waals surface area contributed by atoms with Crippen LogP contribution in [0.1, 0.15) is 10.4 Å². The van der Waals surface area contributed by atoms with Crippen LogP contribution in [0.2, 0.25) is 5.02 Å². The van der Waals surface area contributed by atoms with Crippen molar-refractivity contribution in [1.29, 1.82) is 0 Å². The molecular weight excluding hydrogens is 350 g/mol. The Morgan fingerprint density at radius 2 is 1.69 bits per heavy atom. The van der Waals surface area contributed by atoms with Crippen molar-refractivity contribution in [2.45, 2.75) is 0 Å². The minimum absolute atomic E-state index is 0.447. The molecule has 5 nitrogen and oxygen atoms in total. The fourth-order valence-corrected chi connectivity index (χ4v) is 2.92. The Labute approximate surface area is 154 Å². The van der Waals surface area contributed by atoms with Crippen LogP contribution in [-0.4, -0.2) is 28.0 Å². The average molecular weight is 364 g/mol. The number of aldehydes is 1. The molecule has 0 unspecified atom stereocenters. The number of rotatable bonds is 4. The van der Waals surface area contributed by atoms with Crippen LogP contribution in [0.15, 0.2) is 60.8 Å². The van der Waals surface area contributed by atoms with E-state index in [1.165, 1.54) is 0 Å². The molecule has 0 aliphatic rings. The predicted molar refractivity (Wildman–Crippen MR) is 101 cm³/mol. The third-order valence-electron chi connectivity index (χ3n) is 4.14. The highest BCUT2D eigenvalue weighted by Gasteiger charge is 2.16. The second kappa shape index (κ2) is 6.61. The normalized spacial score (nSPS) is 10.8. The first-order valence-electron chi connectivity index (χ1n) is 7.94. The second-order valence-corrected chi connectivity index (χ2v) is 6.13. The fourth-order valence-electron chi connectivity index (χ4n) is 2.80.